The molecule has 9 nitrogen and oxygen atoms in total. The zero-order valence-corrected chi connectivity index (χ0v) is 20.0. The molecule has 0 saturated heterocycles. The summed E-state index contributed by atoms with van der Waals surface area (Å²) in [7, 11) is 0. The first-order valence-corrected chi connectivity index (χ1v) is 11.7. The van der Waals surface area contributed by atoms with Crippen molar-refractivity contribution in [3.05, 3.63) is 68.6 Å². The number of hydrogen-bond acceptors (Lipinski definition) is 5. The van der Waals surface area contributed by atoms with Gasteiger partial charge in [-0.1, -0.05) is 17.7 Å². The van der Waals surface area contributed by atoms with E-state index in [9.17, 15) is 19.8 Å². The molecular weight excluding hydrogens is 446 g/mol. The van der Waals surface area contributed by atoms with Crippen molar-refractivity contribution in [2.75, 3.05) is 0 Å². The van der Waals surface area contributed by atoms with E-state index < -0.39 is 6.03 Å². The molecule has 0 atom stereocenters. The summed E-state index contributed by atoms with van der Waals surface area (Å²) in [5.74, 6) is -0.409. The number of nitrogens with two attached hydrogens (primary N) is 1. The largest absolute Gasteiger partial charge is 0.504 e. The van der Waals surface area contributed by atoms with Crippen molar-refractivity contribution in [1.82, 2.24) is 14.5 Å². The molecule has 1 aliphatic heterocycles. The lowest BCUT2D eigenvalue weighted by Gasteiger charge is -2.37. The van der Waals surface area contributed by atoms with Gasteiger partial charge in [-0.2, -0.15) is 0 Å². The summed E-state index contributed by atoms with van der Waals surface area (Å²) in [5.41, 5.74) is 11.8. The standard InChI is InChI=1S/C26H29N5O4/c1-13-6-14(2)24(15(3)7-13)29-23-12-20-19-11-22(33)21(32)8-16(19)4-5-30(20)26(35)31(23)18-9-17(10-18)28-25(27)34/h6-8,11-12,17-18,32-33H,4-5,9-10H2,1-3H3,(H3,27,28,34). The minimum atomic E-state index is -0.573. The first-order valence-electron chi connectivity index (χ1n) is 11.7. The molecule has 1 fully saturated rings. The molecule has 1 saturated carbocycles. The van der Waals surface area contributed by atoms with Crippen LogP contribution >= 0.6 is 0 Å². The van der Waals surface area contributed by atoms with Crippen LogP contribution in [0, 0.1) is 20.8 Å². The van der Waals surface area contributed by atoms with Gasteiger partial charge in [-0.25, -0.2) is 14.6 Å². The molecule has 2 aliphatic rings. The van der Waals surface area contributed by atoms with E-state index in [1.807, 2.05) is 26.8 Å². The van der Waals surface area contributed by atoms with Crippen LogP contribution in [0.4, 0.5) is 10.5 Å². The van der Waals surface area contributed by atoms with Crippen LogP contribution in [0.2, 0.25) is 0 Å². The molecule has 0 bridgehead atoms. The number of amides is 2. The van der Waals surface area contributed by atoms with Gasteiger partial charge in [-0.15, -0.1) is 0 Å². The fourth-order valence-corrected chi connectivity index (χ4v) is 5.35. The molecular formula is C26H29N5O4. The van der Waals surface area contributed by atoms with E-state index in [1.54, 1.807) is 15.2 Å². The third-order valence-corrected chi connectivity index (χ3v) is 7.01. The second-order valence-corrected chi connectivity index (χ2v) is 9.63. The third kappa shape index (κ3) is 3.96. The van der Waals surface area contributed by atoms with Crippen LogP contribution in [0.5, 0.6) is 11.5 Å². The average molecular weight is 476 g/mol. The van der Waals surface area contributed by atoms with E-state index in [1.165, 1.54) is 6.07 Å². The molecule has 2 heterocycles. The summed E-state index contributed by atoms with van der Waals surface area (Å²) >= 11 is 0. The van der Waals surface area contributed by atoms with Crippen LogP contribution in [-0.4, -0.2) is 31.4 Å². The molecule has 1 aliphatic carbocycles. The number of rotatable bonds is 3. The van der Waals surface area contributed by atoms with Crippen LogP contribution in [-0.2, 0) is 13.0 Å². The number of carbonyl (C=O) groups excluding carboxylic acids is 1. The molecule has 2 amide bonds. The number of nitrogens with zero attached hydrogens (tertiary/aromatic N) is 3. The maximum Gasteiger partial charge on any atom is 0.330 e. The van der Waals surface area contributed by atoms with Gasteiger partial charge in [0.15, 0.2) is 11.5 Å². The van der Waals surface area contributed by atoms with Crippen LogP contribution < -0.4 is 22.2 Å². The minimum Gasteiger partial charge on any atom is -0.504 e. The number of nitrogens with one attached hydrogen (secondary N) is 1. The van der Waals surface area contributed by atoms with Crippen molar-refractivity contribution in [3.63, 3.8) is 0 Å². The number of urea groups is 1. The number of carbonyl (C=O) groups is 1. The van der Waals surface area contributed by atoms with E-state index in [2.05, 4.69) is 17.4 Å². The predicted molar refractivity (Wildman–Crippen MR) is 132 cm³/mol. The van der Waals surface area contributed by atoms with Crippen molar-refractivity contribution in [3.8, 4) is 22.8 Å². The van der Waals surface area contributed by atoms with E-state index in [-0.39, 0.29) is 29.3 Å². The number of phenols is 2. The number of aromatic hydroxyl groups is 2. The van der Waals surface area contributed by atoms with Gasteiger partial charge >= 0.3 is 11.7 Å². The fourth-order valence-electron chi connectivity index (χ4n) is 5.35. The van der Waals surface area contributed by atoms with Gasteiger partial charge in [0.25, 0.3) is 0 Å². The molecule has 182 valence electrons. The molecule has 0 radical (unpaired) electrons. The Kier molecular flexibility index (Phi) is 5.42. The summed E-state index contributed by atoms with van der Waals surface area (Å²) in [4.78, 5) is 30.1. The van der Waals surface area contributed by atoms with E-state index in [4.69, 9.17) is 10.7 Å². The number of hydrogen-bond donors (Lipinski definition) is 4. The first kappa shape index (κ1) is 22.8. The van der Waals surface area contributed by atoms with Gasteiger partial charge in [0.05, 0.1) is 11.4 Å². The molecule has 5 N–H and O–H groups in total. The van der Waals surface area contributed by atoms with Gasteiger partial charge in [0, 0.05) is 30.3 Å². The topological polar surface area (TPSA) is 135 Å². The average Bonchev–Trinajstić information content (AvgIpc) is 2.74. The van der Waals surface area contributed by atoms with Gasteiger partial charge < -0.3 is 21.3 Å². The lowest BCUT2D eigenvalue weighted by atomic mass is 9.86. The minimum absolute atomic E-state index is 0.0817. The number of aryl methyl sites for hydroxylation is 4. The first-order chi connectivity index (χ1) is 16.6. The summed E-state index contributed by atoms with van der Waals surface area (Å²) in [6.45, 7) is 6.49. The molecule has 5 rings (SSSR count). The Morgan fingerprint density at radius 3 is 2.37 bits per heavy atom. The molecule has 9 heteroatoms. The number of aromatic nitrogens is 2. The second-order valence-electron chi connectivity index (χ2n) is 9.63. The number of phenolic OH excluding ortho intramolecular Hbond substituents is 2. The highest BCUT2D eigenvalue weighted by Crippen LogP contribution is 2.37. The maximum atomic E-state index is 13.8. The number of benzene rings is 2. The highest BCUT2D eigenvalue weighted by molar-refractivity contribution is 5.72. The normalized spacial score (nSPS) is 19.0. The second kappa shape index (κ2) is 8.33. The SMILES string of the molecule is Cc1cc(C)c(N=c2cc3n(c(=O)n2C2CC(NC(N)=O)C2)CCc2cc(O)c(O)cc2-3)c(C)c1. The predicted octanol–water partition coefficient (Wildman–Crippen LogP) is 2.81. The maximum absolute atomic E-state index is 13.8. The molecule has 35 heavy (non-hydrogen) atoms. The fraction of sp³-hybridized carbons (Fsp3) is 0.346. The van der Waals surface area contributed by atoms with Gasteiger partial charge in [-0.3, -0.25) is 9.13 Å². The summed E-state index contributed by atoms with van der Waals surface area (Å²) in [6, 6.07) is 8.28. The Labute approximate surface area is 202 Å². The van der Waals surface area contributed by atoms with Crippen molar-refractivity contribution >= 4 is 11.7 Å². The van der Waals surface area contributed by atoms with Crippen molar-refractivity contribution < 1.29 is 15.0 Å². The van der Waals surface area contributed by atoms with E-state index in [0.717, 1.165) is 27.9 Å². The van der Waals surface area contributed by atoms with Crippen LogP contribution in [0.25, 0.3) is 11.3 Å². The molecule has 1 aromatic heterocycles. The number of fused-ring (bicyclic) bond motifs is 3. The summed E-state index contributed by atoms with van der Waals surface area (Å²) in [5, 5.41) is 22.8. The summed E-state index contributed by atoms with van der Waals surface area (Å²) < 4.78 is 3.41. The third-order valence-electron chi connectivity index (χ3n) is 7.01. The van der Waals surface area contributed by atoms with Crippen LogP contribution in [0.3, 0.4) is 0 Å². The van der Waals surface area contributed by atoms with Crippen LogP contribution in [0.15, 0.2) is 40.1 Å². The van der Waals surface area contributed by atoms with Gasteiger partial charge in [0.1, 0.15) is 5.49 Å². The Balaban J connectivity index is 1.73. The smallest absolute Gasteiger partial charge is 0.330 e. The van der Waals surface area contributed by atoms with Gasteiger partial charge in [0.2, 0.25) is 0 Å². The number of primary amides is 1. The van der Waals surface area contributed by atoms with Gasteiger partial charge in [-0.05, 0) is 68.9 Å². The summed E-state index contributed by atoms with van der Waals surface area (Å²) in [6.07, 6.45) is 1.73. The highest BCUT2D eigenvalue weighted by atomic mass is 16.3. The lowest BCUT2D eigenvalue weighted by molar-refractivity contribution is 0.202. The zero-order chi connectivity index (χ0) is 25.0. The Hall–Kier alpha value is -4.01. The molecule has 0 unspecified atom stereocenters. The van der Waals surface area contributed by atoms with Crippen molar-refractivity contribution in [2.24, 2.45) is 10.7 Å². The Morgan fingerprint density at radius 1 is 1.06 bits per heavy atom. The Morgan fingerprint density at radius 2 is 1.71 bits per heavy atom. The molecule has 0 spiro atoms. The van der Waals surface area contributed by atoms with E-state index >= 15 is 0 Å². The van der Waals surface area contributed by atoms with Crippen molar-refractivity contribution in [1.29, 1.82) is 0 Å². The van der Waals surface area contributed by atoms with Crippen molar-refractivity contribution in [2.45, 2.75) is 58.7 Å². The van der Waals surface area contributed by atoms with E-state index in [0.29, 0.717) is 42.6 Å². The Bertz CT molecular complexity index is 1470. The zero-order valence-electron chi connectivity index (χ0n) is 20.0. The van der Waals surface area contributed by atoms with Crippen LogP contribution in [0.1, 0.15) is 41.1 Å². The molecule has 3 aromatic rings. The quantitative estimate of drug-likeness (QED) is 0.433. The lowest BCUT2D eigenvalue weighted by Crippen LogP contribution is -2.53. The molecule has 2 aromatic carbocycles. The monoisotopic (exact) mass is 475 g/mol. The highest BCUT2D eigenvalue weighted by Gasteiger charge is 2.34.